The van der Waals surface area contributed by atoms with Gasteiger partial charge in [-0.2, -0.15) is 0 Å². The smallest absolute Gasteiger partial charge is 0.321 e. The van der Waals surface area contributed by atoms with Crippen LogP contribution >= 0.6 is 0 Å². The van der Waals surface area contributed by atoms with Crippen LogP contribution in [0.4, 0.5) is 9.18 Å². The first-order chi connectivity index (χ1) is 8.14. The van der Waals surface area contributed by atoms with E-state index in [9.17, 15) is 14.0 Å². The number of amides is 3. The highest BCUT2D eigenvalue weighted by atomic mass is 19.1. The highest BCUT2D eigenvalue weighted by Gasteiger charge is 2.40. The number of rotatable bonds is 7. The number of nitrogens with one attached hydrogen (secondary N) is 2. The lowest BCUT2D eigenvalue weighted by atomic mass is 9.78. The van der Waals surface area contributed by atoms with Gasteiger partial charge in [0.1, 0.15) is 0 Å². The third-order valence-electron chi connectivity index (χ3n) is 3.51. The molecular formula is C12H21FN2O2. The lowest BCUT2D eigenvalue weighted by Gasteiger charge is -2.35. The number of imide groups is 1. The summed E-state index contributed by atoms with van der Waals surface area (Å²) < 4.78 is 11.9. The van der Waals surface area contributed by atoms with E-state index in [0.29, 0.717) is 19.4 Å². The van der Waals surface area contributed by atoms with Crippen LogP contribution in [-0.4, -0.2) is 25.2 Å². The number of halogens is 1. The zero-order chi connectivity index (χ0) is 12.7. The summed E-state index contributed by atoms with van der Waals surface area (Å²) in [5.41, 5.74) is -0.469. The maximum atomic E-state index is 11.9. The zero-order valence-electron chi connectivity index (χ0n) is 10.4. The molecule has 1 unspecified atom stereocenters. The average molecular weight is 244 g/mol. The Kier molecular flexibility index (Phi) is 5.38. The Morgan fingerprint density at radius 2 is 1.94 bits per heavy atom. The fraction of sp³-hybridized carbons (Fsp3) is 0.833. The molecule has 0 spiro atoms. The van der Waals surface area contributed by atoms with Gasteiger partial charge >= 0.3 is 6.03 Å². The van der Waals surface area contributed by atoms with E-state index in [-0.39, 0.29) is 12.6 Å². The minimum atomic E-state index is -0.469. The zero-order valence-corrected chi connectivity index (χ0v) is 10.4. The molecule has 1 saturated heterocycles. The molecule has 17 heavy (non-hydrogen) atoms. The van der Waals surface area contributed by atoms with Crippen LogP contribution in [0.25, 0.3) is 0 Å². The number of unbranched alkanes of at least 4 members (excludes halogenated alkanes) is 3. The fourth-order valence-electron chi connectivity index (χ4n) is 2.19. The molecule has 1 aliphatic heterocycles. The van der Waals surface area contributed by atoms with Crippen molar-refractivity contribution in [3.8, 4) is 0 Å². The number of carbonyl (C=O) groups is 2. The summed E-state index contributed by atoms with van der Waals surface area (Å²) in [6, 6.07) is -0.406. The van der Waals surface area contributed by atoms with E-state index < -0.39 is 11.4 Å². The predicted octanol–water partition coefficient (Wildman–Crippen LogP) is 2.14. The summed E-state index contributed by atoms with van der Waals surface area (Å²) in [5, 5.41) is 5.00. The lowest BCUT2D eigenvalue weighted by Crippen LogP contribution is -2.58. The molecular weight excluding hydrogens is 223 g/mol. The third-order valence-corrected chi connectivity index (χ3v) is 3.51. The highest BCUT2D eigenvalue weighted by molar-refractivity contribution is 5.99. The summed E-state index contributed by atoms with van der Waals surface area (Å²) in [7, 11) is 0. The number of urea groups is 1. The van der Waals surface area contributed by atoms with E-state index in [4.69, 9.17) is 0 Å². The largest absolute Gasteiger partial charge is 0.337 e. The van der Waals surface area contributed by atoms with Crippen LogP contribution in [-0.2, 0) is 4.79 Å². The molecule has 0 aromatic carbocycles. The van der Waals surface area contributed by atoms with E-state index in [1.165, 1.54) is 0 Å². The Bertz CT molecular complexity index is 284. The van der Waals surface area contributed by atoms with Crippen molar-refractivity contribution in [2.75, 3.05) is 13.2 Å². The molecule has 3 amide bonds. The standard InChI is InChI=1S/C12H21FN2O2/c1-2-12(7-5-3-4-6-8-13)9-14-11(17)15-10(12)16/h2-9H2,1H3,(H2,14,15,16,17). The van der Waals surface area contributed by atoms with Crippen LogP contribution < -0.4 is 10.6 Å². The van der Waals surface area contributed by atoms with E-state index >= 15 is 0 Å². The van der Waals surface area contributed by atoms with Gasteiger partial charge < -0.3 is 5.32 Å². The first-order valence-corrected chi connectivity index (χ1v) is 6.30. The summed E-state index contributed by atoms with van der Waals surface area (Å²) in [4.78, 5) is 22.9. The summed E-state index contributed by atoms with van der Waals surface area (Å²) in [5.74, 6) is -0.172. The average Bonchev–Trinajstić information content (AvgIpc) is 2.32. The van der Waals surface area contributed by atoms with Crippen molar-refractivity contribution in [1.29, 1.82) is 0 Å². The van der Waals surface area contributed by atoms with Gasteiger partial charge in [0.15, 0.2) is 0 Å². The molecule has 1 heterocycles. The molecule has 4 nitrogen and oxygen atoms in total. The molecule has 98 valence electrons. The van der Waals surface area contributed by atoms with Crippen molar-refractivity contribution < 1.29 is 14.0 Å². The van der Waals surface area contributed by atoms with Crippen LogP contribution in [0.1, 0.15) is 45.4 Å². The quantitative estimate of drug-likeness (QED) is 0.674. The van der Waals surface area contributed by atoms with Crippen LogP contribution in [0.5, 0.6) is 0 Å². The van der Waals surface area contributed by atoms with E-state index in [1.54, 1.807) is 0 Å². The van der Waals surface area contributed by atoms with Crippen molar-refractivity contribution in [3.63, 3.8) is 0 Å². The van der Waals surface area contributed by atoms with Crippen molar-refractivity contribution >= 4 is 11.9 Å². The maximum absolute atomic E-state index is 11.9. The second kappa shape index (κ2) is 6.57. The van der Waals surface area contributed by atoms with Crippen molar-refractivity contribution in [2.45, 2.75) is 45.4 Å². The first-order valence-electron chi connectivity index (χ1n) is 6.30. The minimum Gasteiger partial charge on any atom is -0.337 e. The normalized spacial score (nSPS) is 24.4. The number of hydrogen-bond acceptors (Lipinski definition) is 2. The topological polar surface area (TPSA) is 58.2 Å². The Morgan fingerprint density at radius 1 is 1.24 bits per heavy atom. The second-order valence-electron chi connectivity index (χ2n) is 4.62. The number of hydrogen-bond donors (Lipinski definition) is 2. The molecule has 1 rings (SSSR count). The Morgan fingerprint density at radius 3 is 2.53 bits per heavy atom. The molecule has 0 aromatic heterocycles. The van der Waals surface area contributed by atoms with E-state index in [0.717, 1.165) is 25.7 Å². The van der Waals surface area contributed by atoms with Crippen LogP contribution in [0.15, 0.2) is 0 Å². The molecule has 1 aliphatic rings. The first kappa shape index (κ1) is 13.9. The molecule has 1 atom stereocenters. The summed E-state index contributed by atoms with van der Waals surface area (Å²) >= 11 is 0. The third kappa shape index (κ3) is 3.68. The van der Waals surface area contributed by atoms with E-state index in [1.807, 2.05) is 6.92 Å². The lowest BCUT2D eigenvalue weighted by molar-refractivity contribution is -0.131. The molecule has 0 saturated carbocycles. The van der Waals surface area contributed by atoms with Gasteiger partial charge in [0, 0.05) is 6.54 Å². The monoisotopic (exact) mass is 244 g/mol. The second-order valence-corrected chi connectivity index (χ2v) is 4.62. The van der Waals surface area contributed by atoms with E-state index in [2.05, 4.69) is 10.6 Å². The predicted molar refractivity (Wildman–Crippen MR) is 63.3 cm³/mol. The van der Waals surface area contributed by atoms with Crippen LogP contribution in [0.2, 0.25) is 0 Å². The van der Waals surface area contributed by atoms with Gasteiger partial charge in [0.2, 0.25) is 5.91 Å². The van der Waals surface area contributed by atoms with Gasteiger partial charge in [-0.1, -0.05) is 26.2 Å². The SMILES string of the molecule is CCC1(CCCCCCF)CNC(=O)NC1=O. The minimum absolute atomic E-state index is 0.172. The van der Waals surface area contributed by atoms with Gasteiger partial charge in [-0.05, 0) is 19.3 Å². The Balaban J connectivity index is 2.40. The molecule has 5 heteroatoms. The molecule has 1 fully saturated rings. The summed E-state index contributed by atoms with van der Waals surface area (Å²) in [6.45, 7) is 2.10. The van der Waals surface area contributed by atoms with Gasteiger partial charge in [0.25, 0.3) is 0 Å². The van der Waals surface area contributed by atoms with Gasteiger partial charge in [-0.15, -0.1) is 0 Å². The number of alkyl halides is 1. The van der Waals surface area contributed by atoms with Crippen molar-refractivity contribution in [3.05, 3.63) is 0 Å². The Labute approximate surface area is 101 Å². The molecule has 0 aliphatic carbocycles. The van der Waals surface area contributed by atoms with Gasteiger partial charge in [-0.25, -0.2) is 4.79 Å². The fourth-order valence-corrected chi connectivity index (χ4v) is 2.19. The van der Waals surface area contributed by atoms with Crippen LogP contribution in [0.3, 0.4) is 0 Å². The van der Waals surface area contributed by atoms with Gasteiger partial charge in [0.05, 0.1) is 12.1 Å². The summed E-state index contributed by atoms with van der Waals surface area (Å²) in [6.07, 6.45) is 4.76. The number of carbonyl (C=O) groups excluding carboxylic acids is 2. The molecule has 0 bridgehead atoms. The Hall–Kier alpha value is -1.13. The van der Waals surface area contributed by atoms with Crippen molar-refractivity contribution in [2.24, 2.45) is 5.41 Å². The maximum Gasteiger partial charge on any atom is 0.321 e. The van der Waals surface area contributed by atoms with Crippen molar-refractivity contribution in [1.82, 2.24) is 10.6 Å². The molecule has 0 aromatic rings. The molecule has 0 radical (unpaired) electrons. The van der Waals surface area contributed by atoms with Crippen LogP contribution in [0, 0.1) is 5.41 Å². The molecule has 2 N–H and O–H groups in total. The van der Waals surface area contributed by atoms with Gasteiger partial charge in [-0.3, -0.25) is 14.5 Å². The highest BCUT2D eigenvalue weighted by Crippen LogP contribution is 2.30.